The first-order valence-corrected chi connectivity index (χ1v) is 12.3. The minimum Gasteiger partial charge on any atom is -0.346 e. The summed E-state index contributed by atoms with van der Waals surface area (Å²) in [6, 6.07) is 2.20. The van der Waals surface area contributed by atoms with Crippen LogP contribution in [0.4, 0.5) is 10.2 Å². The molecule has 1 aromatic heterocycles. The van der Waals surface area contributed by atoms with E-state index in [1.165, 1.54) is 0 Å². The minimum absolute atomic E-state index is 0.0923. The van der Waals surface area contributed by atoms with Crippen molar-refractivity contribution in [3.05, 3.63) is 47.2 Å². The number of halogens is 3. The zero-order valence-corrected chi connectivity index (χ0v) is 22.3. The van der Waals surface area contributed by atoms with E-state index in [0.29, 0.717) is 35.0 Å². The summed E-state index contributed by atoms with van der Waals surface area (Å²) in [6.45, 7) is 9.27. The number of anilines is 1. The van der Waals surface area contributed by atoms with Gasteiger partial charge in [0.05, 0.1) is 0 Å². The van der Waals surface area contributed by atoms with E-state index >= 15 is 0 Å². The third-order valence-corrected chi connectivity index (χ3v) is 5.68. The van der Waals surface area contributed by atoms with Gasteiger partial charge in [0.2, 0.25) is 7.59 Å². The van der Waals surface area contributed by atoms with E-state index < -0.39 is 13.8 Å². The van der Waals surface area contributed by atoms with Crippen molar-refractivity contribution in [1.82, 2.24) is 10.3 Å². The van der Waals surface area contributed by atoms with E-state index in [1.807, 2.05) is 6.92 Å². The van der Waals surface area contributed by atoms with Crippen LogP contribution in [0.15, 0.2) is 35.9 Å². The molecule has 170 valence electrons. The number of aryl methyl sites for hydroxylation is 1. The van der Waals surface area contributed by atoms with Crippen molar-refractivity contribution in [3.8, 4) is 0 Å². The Morgan fingerprint density at radius 1 is 1.42 bits per heavy atom. The number of carbonyl (C=O) groups excluding carboxylic acids is 2. The lowest BCUT2D eigenvalue weighted by Gasteiger charge is -2.26. The fourth-order valence-corrected chi connectivity index (χ4v) is 4.16. The minimum atomic E-state index is -1.50. The standard InChI is InChI=1S/C22H29FI2N4O2/c1-12(2)7-17(18(26)11-22(23,24)25)14(4)28-21(31)16-8-13(3)27-19(10-16)29-20(30)9-15-5-6-15/h7-8,10,14-15,18H,1,5-6,9,11,26H2,2-4H3,(H,28,31)(H,27,29,30)/b17-7-. The molecular weight excluding hydrogens is 625 g/mol. The Hall–Kier alpha value is -1.08. The van der Waals surface area contributed by atoms with Crippen LogP contribution in [-0.2, 0) is 4.79 Å². The number of carbonyl (C=O) groups is 2. The van der Waals surface area contributed by atoms with Crippen LogP contribution in [0.5, 0.6) is 0 Å². The lowest BCUT2D eigenvalue weighted by molar-refractivity contribution is -0.116. The van der Waals surface area contributed by atoms with Crippen LogP contribution in [0.1, 0.15) is 55.6 Å². The number of nitrogens with two attached hydrogens (primary N) is 1. The number of amides is 2. The molecule has 1 heterocycles. The third-order valence-electron chi connectivity index (χ3n) is 4.79. The van der Waals surface area contributed by atoms with Crippen LogP contribution in [0.25, 0.3) is 0 Å². The molecule has 0 spiro atoms. The van der Waals surface area contributed by atoms with Crippen LogP contribution in [-0.4, -0.2) is 30.6 Å². The highest BCUT2D eigenvalue weighted by Gasteiger charge is 2.29. The van der Waals surface area contributed by atoms with Gasteiger partial charge in [0.25, 0.3) is 5.91 Å². The van der Waals surface area contributed by atoms with Gasteiger partial charge in [0, 0.05) is 36.2 Å². The van der Waals surface area contributed by atoms with Gasteiger partial charge in [-0.3, -0.25) is 9.59 Å². The fourth-order valence-electron chi connectivity index (χ4n) is 3.21. The molecule has 0 bridgehead atoms. The van der Waals surface area contributed by atoms with Crippen LogP contribution >= 0.6 is 45.2 Å². The molecule has 0 saturated heterocycles. The number of allylic oxidation sites excluding steroid dienone is 2. The summed E-state index contributed by atoms with van der Waals surface area (Å²) in [7, 11) is 0. The Balaban J connectivity index is 2.13. The Morgan fingerprint density at radius 3 is 2.61 bits per heavy atom. The number of rotatable bonds is 10. The molecule has 1 aromatic rings. The second-order valence-corrected chi connectivity index (χ2v) is 13.7. The van der Waals surface area contributed by atoms with Gasteiger partial charge in [-0.25, -0.2) is 9.37 Å². The zero-order valence-electron chi connectivity index (χ0n) is 18.0. The molecule has 4 N–H and O–H groups in total. The molecule has 1 saturated carbocycles. The molecule has 2 rings (SSSR count). The molecule has 31 heavy (non-hydrogen) atoms. The highest BCUT2D eigenvalue weighted by Crippen LogP contribution is 2.35. The predicted octanol–water partition coefficient (Wildman–Crippen LogP) is 4.96. The maximum Gasteiger partial charge on any atom is 0.251 e. The molecule has 0 radical (unpaired) electrons. The van der Waals surface area contributed by atoms with Crippen molar-refractivity contribution < 1.29 is 14.0 Å². The van der Waals surface area contributed by atoms with Gasteiger partial charge in [-0.1, -0.05) is 18.2 Å². The van der Waals surface area contributed by atoms with Gasteiger partial charge in [-0.2, -0.15) is 0 Å². The summed E-state index contributed by atoms with van der Waals surface area (Å²) in [5, 5.41) is 5.70. The van der Waals surface area contributed by atoms with Crippen molar-refractivity contribution >= 4 is 62.8 Å². The summed E-state index contributed by atoms with van der Waals surface area (Å²) in [5.41, 5.74) is 8.70. The average Bonchev–Trinajstić information content (AvgIpc) is 3.40. The van der Waals surface area contributed by atoms with Gasteiger partial charge < -0.3 is 16.4 Å². The van der Waals surface area contributed by atoms with Gasteiger partial charge in [-0.15, -0.1) is 0 Å². The van der Waals surface area contributed by atoms with Gasteiger partial charge in [0.1, 0.15) is 5.82 Å². The Morgan fingerprint density at radius 2 is 2.06 bits per heavy atom. The topological polar surface area (TPSA) is 97.1 Å². The summed E-state index contributed by atoms with van der Waals surface area (Å²) in [5.74, 6) is 0.399. The van der Waals surface area contributed by atoms with Crippen molar-refractivity contribution in [3.63, 3.8) is 0 Å². The normalized spacial score (nSPS) is 16.4. The van der Waals surface area contributed by atoms with Crippen LogP contribution in [0.2, 0.25) is 0 Å². The molecule has 0 aromatic carbocycles. The van der Waals surface area contributed by atoms with Crippen LogP contribution in [0.3, 0.4) is 0 Å². The van der Waals surface area contributed by atoms with E-state index in [1.54, 1.807) is 77.2 Å². The number of hydrogen-bond acceptors (Lipinski definition) is 4. The SMILES string of the molecule is C=C(C)/C=C(\C(N)CC(F)(I)I)C(C)NC(=O)c1cc(C)nc(NC(=O)CC2CC2)c1. The molecule has 2 unspecified atom stereocenters. The largest absolute Gasteiger partial charge is 0.346 e. The smallest absolute Gasteiger partial charge is 0.251 e. The highest BCUT2D eigenvalue weighted by atomic mass is 127. The second-order valence-electron chi connectivity index (χ2n) is 8.19. The van der Waals surface area contributed by atoms with Crippen LogP contribution in [0, 0.1) is 12.8 Å². The average molecular weight is 654 g/mol. The monoisotopic (exact) mass is 654 g/mol. The number of alkyl halides is 3. The van der Waals surface area contributed by atoms with E-state index in [9.17, 15) is 14.0 Å². The Labute approximate surface area is 210 Å². The fraction of sp³-hybridized carbons (Fsp3) is 0.500. The van der Waals surface area contributed by atoms with E-state index in [4.69, 9.17) is 5.73 Å². The molecular formula is C22H29FI2N4O2. The lowest BCUT2D eigenvalue weighted by atomic mass is 9.96. The zero-order chi connectivity index (χ0) is 23.3. The number of aromatic nitrogens is 1. The maximum atomic E-state index is 14.1. The van der Waals surface area contributed by atoms with Gasteiger partial charge in [0.15, 0.2) is 0 Å². The van der Waals surface area contributed by atoms with Gasteiger partial charge >= 0.3 is 0 Å². The van der Waals surface area contributed by atoms with Crippen molar-refractivity contribution in [2.75, 3.05) is 5.32 Å². The molecule has 9 heteroatoms. The summed E-state index contributed by atoms with van der Waals surface area (Å²) in [4.78, 5) is 29.3. The first-order chi connectivity index (χ1) is 14.3. The Kier molecular flexibility index (Phi) is 9.43. The number of hydrogen-bond donors (Lipinski definition) is 3. The molecule has 0 aliphatic heterocycles. The number of nitrogens with one attached hydrogen (secondary N) is 2. The maximum absolute atomic E-state index is 14.1. The summed E-state index contributed by atoms with van der Waals surface area (Å²) < 4.78 is 12.6. The quantitative estimate of drug-likeness (QED) is 0.189. The van der Waals surface area contributed by atoms with Crippen molar-refractivity contribution in [2.24, 2.45) is 11.7 Å². The van der Waals surface area contributed by atoms with Crippen molar-refractivity contribution in [1.29, 1.82) is 0 Å². The van der Waals surface area contributed by atoms with Gasteiger partial charge in [-0.05, 0) is 102 Å². The number of nitrogens with zero attached hydrogens (tertiary/aromatic N) is 1. The summed E-state index contributed by atoms with van der Waals surface area (Å²) >= 11 is 3.41. The first-order valence-electron chi connectivity index (χ1n) is 10.1. The van der Waals surface area contributed by atoms with E-state index in [2.05, 4.69) is 22.2 Å². The molecule has 2 atom stereocenters. The Bertz CT molecular complexity index is 879. The van der Waals surface area contributed by atoms with Crippen molar-refractivity contribution in [2.45, 2.75) is 60.2 Å². The first kappa shape index (κ1) is 26.2. The lowest BCUT2D eigenvalue weighted by Crippen LogP contribution is -2.41. The van der Waals surface area contributed by atoms with E-state index in [-0.39, 0.29) is 18.2 Å². The third kappa shape index (κ3) is 9.52. The summed E-state index contributed by atoms with van der Waals surface area (Å²) in [6.07, 6.45) is 4.53. The van der Waals surface area contributed by atoms with Crippen LogP contribution < -0.4 is 16.4 Å². The molecule has 2 amide bonds. The molecule has 1 aliphatic rings. The second kappa shape index (κ2) is 11.2. The predicted molar refractivity (Wildman–Crippen MR) is 139 cm³/mol. The number of pyridine rings is 1. The molecule has 1 aliphatic carbocycles. The highest BCUT2D eigenvalue weighted by molar-refractivity contribution is 14.2. The van der Waals surface area contributed by atoms with E-state index in [0.717, 1.165) is 18.4 Å². The molecule has 6 nitrogen and oxygen atoms in total. The molecule has 1 fully saturated rings.